The van der Waals surface area contributed by atoms with E-state index in [2.05, 4.69) is 37.2 Å². The Morgan fingerprint density at radius 1 is 1.19 bits per heavy atom. The van der Waals surface area contributed by atoms with Gasteiger partial charge in [0.25, 0.3) is 0 Å². The zero-order valence-electron chi connectivity index (χ0n) is 15.1. The van der Waals surface area contributed by atoms with Gasteiger partial charge in [0.15, 0.2) is 0 Å². The second-order valence-electron chi connectivity index (χ2n) is 6.58. The monoisotopic (exact) mass is 349 g/mol. The van der Waals surface area contributed by atoms with Gasteiger partial charge in [-0.15, -0.1) is 0 Å². The zero-order chi connectivity index (χ0) is 18.5. The molecule has 0 saturated carbocycles. The molecule has 0 aliphatic carbocycles. The van der Waals surface area contributed by atoms with E-state index in [0.29, 0.717) is 6.61 Å². The molecule has 1 aliphatic heterocycles. The fourth-order valence-corrected chi connectivity index (χ4v) is 3.05. The Labute approximate surface area is 154 Å². The lowest BCUT2D eigenvalue weighted by atomic mass is 9.92. The first-order valence-corrected chi connectivity index (χ1v) is 8.66. The van der Waals surface area contributed by atoms with Gasteiger partial charge in [0.1, 0.15) is 12.4 Å². The molecule has 3 rings (SSSR count). The molecule has 1 N–H and O–H groups in total. The number of carboxylic acid groups (broad SMARTS) is 1. The van der Waals surface area contributed by atoms with Gasteiger partial charge < -0.3 is 14.7 Å². The van der Waals surface area contributed by atoms with Crippen molar-refractivity contribution in [1.29, 1.82) is 0 Å². The van der Waals surface area contributed by atoms with Crippen LogP contribution in [0.3, 0.4) is 0 Å². The van der Waals surface area contributed by atoms with Crippen LogP contribution in [0.1, 0.15) is 28.7 Å². The highest BCUT2D eigenvalue weighted by atomic mass is 16.5. The highest BCUT2D eigenvalue weighted by Gasteiger charge is 2.19. The van der Waals surface area contributed by atoms with Crippen LogP contribution in [-0.4, -0.2) is 36.6 Å². The molecule has 4 heteroatoms. The summed E-state index contributed by atoms with van der Waals surface area (Å²) in [5, 5.41) is 8.88. The van der Waals surface area contributed by atoms with E-state index in [1.54, 1.807) is 6.08 Å². The number of aliphatic carboxylic acids is 1. The van der Waals surface area contributed by atoms with Gasteiger partial charge in [-0.2, -0.15) is 0 Å². The number of carbonyl (C=O) groups is 1. The Hall–Kier alpha value is -2.85. The number of ether oxygens (including phenoxy) is 1. The number of carboxylic acids is 1. The predicted octanol–water partition coefficient (Wildman–Crippen LogP) is 4.06. The average molecular weight is 349 g/mol. The molecular weight excluding hydrogens is 326 g/mol. The van der Waals surface area contributed by atoms with Crippen LogP contribution in [-0.2, 0) is 11.4 Å². The summed E-state index contributed by atoms with van der Waals surface area (Å²) < 4.78 is 6.02. The molecule has 26 heavy (non-hydrogen) atoms. The molecule has 0 unspecified atom stereocenters. The minimum atomic E-state index is -0.955. The summed E-state index contributed by atoms with van der Waals surface area (Å²) in [5.41, 5.74) is 5.31. The molecular formula is C22H23NO3. The average Bonchev–Trinajstić information content (AvgIpc) is 2.77. The molecule has 4 nitrogen and oxygen atoms in total. The Kier molecular flexibility index (Phi) is 5.54. The number of fused-ring (bicyclic) bond motifs is 2. The van der Waals surface area contributed by atoms with Crippen LogP contribution < -0.4 is 4.74 Å². The van der Waals surface area contributed by atoms with Crippen LogP contribution in [0.25, 0.3) is 11.6 Å². The second kappa shape index (κ2) is 8.02. The standard InChI is InChI=1S/C22H23NO3/c1-23(2)13-5-8-19-18-7-4-3-6-17(18)15-26-21-11-9-16(14-20(19)21)10-12-22(24)25/h3-4,6-12,14H,5,13,15H2,1-2H3,(H,24,25)/b12-10-,19-8+. The molecule has 0 bridgehead atoms. The van der Waals surface area contributed by atoms with E-state index >= 15 is 0 Å². The SMILES string of the molecule is CN(C)CC/C=C1\c2ccccc2COc2ccc(/C=C\C(=O)O)cc21. The largest absolute Gasteiger partial charge is 0.488 e. The highest BCUT2D eigenvalue weighted by Crippen LogP contribution is 2.37. The number of rotatable bonds is 5. The lowest BCUT2D eigenvalue weighted by Crippen LogP contribution is -2.12. The molecule has 2 aromatic rings. The van der Waals surface area contributed by atoms with E-state index in [0.717, 1.165) is 47.1 Å². The number of hydrogen-bond acceptors (Lipinski definition) is 3. The minimum Gasteiger partial charge on any atom is -0.488 e. The van der Waals surface area contributed by atoms with Crippen molar-refractivity contribution in [2.75, 3.05) is 20.6 Å². The van der Waals surface area contributed by atoms with Crippen LogP contribution in [0, 0.1) is 0 Å². The van der Waals surface area contributed by atoms with Crippen molar-refractivity contribution in [3.05, 3.63) is 76.9 Å². The van der Waals surface area contributed by atoms with E-state index in [4.69, 9.17) is 9.84 Å². The Morgan fingerprint density at radius 3 is 2.77 bits per heavy atom. The van der Waals surface area contributed by atoms with E-state index in [1.807, 2.05) is 30.3 Å². The van der Waals surface area contributed by atoms with Gasteiger partial charge in [0.2, 0.25) is 0 Å². The van der Waals surface area contributed by atoms with Crippen molar-refractivity contribution in [2.45, 2.75) is 13.0 Å². The summed E-state index contributed by atoms with van der Waals surface area (Å²) in [7, 11) is 4.12. The molecule has 0 fully saturated rings. The molecule has 1 aliphatic rings. The van der Waals surface area contributed by atoms with Gasteiger partial charge in [0, 0.05) is 18.2 Å². The molecule has 1 heterocycles. The first kappa shape index (κ1) is 18.0. The molecule has 2 aromatic carbocycles. The third-order valence-electron chi connectivity index (χ3n) is 4.33. The van der Waals surface area contributed by atoms with Gasteiger partial charge in [0.05, 0.1) is 0 Å². The molecule has 0 radical (unpaired) electrons. The van der Waals surface area contributed by atoms with Crippen molar-refractivity contribution in [1.82, 2.24) is 4.90 Å². The summed E-state index contributed by atoms with van der Waals surface area (Å²) in [6.07, 6.45) is 5.93. The van der Waals surface area contributed by atoms with Crippen LogP contribution in [0.15, 0.2) is 54.6 Å². The molecule has 0 amide bonds. The molecule has 0 saturated heterocycles. The van der Waals surface area contributed by atoms with Crippen molar-refractivity contribution in [2.24, 2.45) is 0 Å². The van der Waals surface area contributed by atoms with Crippen LogP contribution >= 0.6 is 0 Å². The van der Waals surface area contributed by atoms with E-state index in [-0.39, 0.29) is 0 Å². The second-order valence-corrected chi connectivity index (χ2v) is 6.58. The Bertz CT molecular complexity index is 865. The summed E-state index contributed by atoms with van der Waals surface area (Å²) >= 11 is 0. The van der Waals surface area contributed by atoms with E-state index in [1.165, 1.54) is 5.56 Å². The van der Waals surface area contributed by atoms with Gasteiger partial charge >= 0.3 is 5.97 Å². The lowest BCUT2D eigenvalue weighted by molar-refractivity contribution is -0.131. The molecule has 0 aromatic heterocycles. The third kappa shape index (κ3) is 4.21. The van der Waals surface area contributed by atoms with Gasteiger partial charge in [-0.25, -0.2) is 4.79 Å². The van der Waals surface area contributed by atoms with Gasteiger partial charge in [-0.05, 0) is 61.0 Å². The summed E-state index contributed by atoms with van der Waals surface area (Å²) in [4.78, 5) is 13.0. The normalized spacial score (nSPS) is 14.8. The maximum absolute atomic E-state index is 10.8. The smallest absolute Gasteiger partial charge is 0.328 e. The fraction of sp³-hybridized carbons (Fsp3) is 0.227. The van der Waals surface area contributed by atoms with Crippen molar-refractivity contribution >= 4 is 17.6 Å². The topological polar surface area (TPSA) is 49.8 Å². The maximum Gasteiger partial charge on any atom is 0.328 e. The molecule has 0 atom stereocenters. The maximum atomic E-state index is 10.8. The van der Waals surface area contributed by atoms with Crippen molar-refractivity contribution in [3.63, 3.8) is 0 Å². The number of hydrogen-bond donors (Lipinski definition) is 1. The molecule has 134 valence electrons. The third-order valence-corrected chi connectivity index (χ3v) is 4.33. The zero-order valence-corrected chi connectivity index (χ0v) is 15.1. The van der Waals surface area contributed by atoms with E-state index in [9.17, 15) is 4.79 Å². The van der Waals surface area contributed by atoms with Crippen LogP contribution in [0.2, 0.25) is 0 Å². The molecule has 0 spiro atoms. The van der Waals surface area contributed by atoms with Crippen LogP contribution in [0.5, 0.6) is 5.75 Å². The summed E-state index contributed by atoms with van der Waals surface area (Å²) in [6.45, 7) is 1.49. The van der Waals surface area contributed by atoms with Crippen LogP contribution in [0.4, 0.5) is 0 Å². The van der Waals surface area contributed by atoms with Gasteiger partial charge in [-0.1, -0.05) is 36.4 Å². The first-order valence-electron chi connectivity index (χ1n) is 8.66. The lowest BCUT2D eigenvalue weighted by Gasteiger charge is -2.13. The first-order chi connectivity index (χ1) is 12.5. The van der Waals surface area contributed by atoms with E-state index < -0.39 is 5.97 Å². The quantitative estimate of drug-likeness (QED) is 0.827. The number of nitrogens with zero attached hydrogens (tertiary/aromatic N) is 1. The highest BCUT2D eigenvalue weighted by molar-refractivity contribution is 5.88. The number of benzene rings is 2. The Morgan fingerprint density at radius 2 is 2.00 bits per heavy atom. The fourth-order valence-electron chi connectivity index (χ4n) is 3.05. The summed E-state index contributed by atoms with van der Waals surface area (Å²) in [5.74, 6) is -0.131. The minimum absolute atomic E-state index is 0.526. The van der Waals surface area contributed by atoms with Gasteiger partial charge in [-0.3, -0.25) is 0 Å². The predicted molar refractivity (Wildman–Crippen MR) is 104 cm³/mol. The van der Waals surface area contributed by atoms with Crippen molar-refractivity contribution in [3.8, 4) is 5.75 Å². The Balaban J connectivity index is 2.08. The summed E-state index contributed by atoms with van der Waals surface area (Å²) in [6, 6.07) is 14.1. The van der Waals surface area contributed by atoms with Crippen molar-refractivity contribution < 1.29 is 14.6 Å².